The molecule has 3 aromatic rings. The summed E-state index contributed by atoms with van der Waals surface area (Å²) >= 11 is 4.31. The number of hydrogen-bond donors (Lipinski definition) is 1. The van der Waals surface area contributed by atoms with Crippen molar-refractivity contribution in [2.24, 2.45) is 0 Å². The van der Waals surface area contributed by atoms with Gasteiger partial charge in [0.1, 0.15) is 9.71 Å². The zero-order chi connectivity index (χ0) is 25.9. The molecule has 0 atom stereocenters. The minimum atomic E-state index is -4.74. The number of fused-ring (bicyclic) bond motifs is 1. The van der Waals surface area contributed by atoms with E-state index in [1.54, 1.807) is 0 Å². The number of ether oxygens (including phenoxy) is 1. The molecule has 0 aromatic carbocycles. The second kappa shape index (κ2) is 11.2. The largest absolute Gasteiger partial charge is 0.434 e. The van der Waals surface area contributed by atoms with Gasteiger partial charge < -0.3 is 20.3 Å². The number of halogens is 3. The normalized spacial score (nSPS) is 17.7. The van der Waals surface area contributed by atoms with Crippen LogP contribution in [0.4, 0.5) is 24.9 Å². The smallest absolute Gasteiger partial charge is 0.378 e. The van der Waals surface area contributed by atoms with Gasteiger partial charge >= 0.3 is 6.18 Å². The molecule has 0 unspecified atom stereocenters. The molecule has 2 fully saturated rings. The van der Waals surface area contributed by atoms with Gasteiger partial charge in [-0.2, -0.15) is 17.4 Å². The van der Waals surface area contributed by atoms with Crippen LogP contribution in [-0.2, 0) is 30.0 Å². The van der Waals surface area contributed by atoms with Crippen molar-refractivity contribution >= 4 is 46.0 Å². The topological polar surface area (TPSA) is 126 Å². The van der Waals surface area contributed by atoms with Gasteiger partial charge in [0.25, 0.3) is 0 Å². The number of hydrogen-bond acceptors (Lipinski definition) is 13. The number of anilines is 2. The number of morpholine rings is 1. The zero-order valence-corrected chi connectivity index (χ0v) is 21.0. The number of nitrogens with two attached hydrogens (primary N) is 1. The molecule has 0 aliphatic carbocycles. The maximum absolute atomic E-state index is 13.7. The summed E-state index contributed by atoms with van der Waals surface area (Å²) < 4.78 is 55.2. The molecule has 0 spiro atoms. The molecule has 3 aromatic heterocycles. The van der Waals surface area contributed by atoms with Crippen LogP contribution in [0.1, 0.15) is 10.7 Å². The molecule has 16 heteroatoms. The van der Waals surface area contributed by atoms with E-state index in [4.69, 9.17) is 14.7 Å². The molecular formula is C20H24F3N9O2S2. The van der Waals surface area contributed by atoms with Crippen LogP contribution in [0.3, 0.4) is 0 Å². The number of nitrogen functional groups attached to an aromatic ring is 1. The number of thiazole rings is 1. The van der Waals surface area contributed by atoms with E-state index in [-0.39, 0.29) is 11.4 Å². The molecule has 2 aliphatic rings. The predicted molar refractivity (Wildman–Crippen MR) is 130 cm³/mol. The first-order valence-corrected chi connectivity index (χ1v) is 12.2. The van der Waals surface area contributed by atoms with Crippen molar-refractivity contribution in [1.29, 1.82) is 0 Å². The van der Waals surface area contributed by atoms with Crippen LogP contribution >= 0.6 is 11.3 Å². The number of nitrogens with zero attached hydrogens (tertiary/aromatic N) is 8. The van der Waals surface area contributed by atoms with E-state index in [9.17, 15) is 13.2 Å². The summed E-state index contributed by atoms with van der Waals surface area (Å²) in [5, 5.41) is 0.852. The minimum Gasteiger partial charge on any atom is -0.378 e. The summed E-state index contributed by atoms with van der Waals surface area (Å²) in [5.74, 6) is -0.0400. The molecule has 0 saturated carbocycles. The number of piperazine rings is 1. The zero-order valence-electron chi connectivity index (χ0n) is 19.4. The minimum absolute atomic E-state index is 0.127. The lowest BCUT2D eigenvalue weighted by molar-refractivity contribution is -0.140. The summed E-state index contributed by atoms with van der Waals surface area (Å²) in [5.41, 5.74) is 4.31. The molecule has 36 heavy (non-hydrogen) atoms. The molecule has 5 rings (SSSR count). The third-order valence-corrected chi connectivity index (χ3v) is 6.89. The molecule has 2 N–H and O–H groups in total. The van der Waals surface area contributed by atoms with Crippen LogP contribution < -0.4 is 10.6 Å². The van der Waals surface area contributed by atoms with Gasteiger partial charge in [0.05, 0.1) is 25.3 Å². The van der Waals surface area contributed by atoms with E-state index in [0.29, 0.717) is 44.3 Å². The van der Waals surface area contributed by atoms with Crippen LogP contribution in [0.2, 0.25) is 0 Å². The van der Waals surface area contributed by atoms with Gasteiger partial charge in [-0.25, -0.2) is 24.9 Å². The van der Waals surface area contributed by atoms with Crippen LogP contribution in [-0.4, -0.2) is 98.5 Å². The molecule has 0 radical (unpaired) electrons. The maximum Gasteiger partial charge on any atom is 0.434 e. The average molecular weight is 544 g/mol. The van der Waals surface area contributed by atoms with E-state index >= 15 is 0 Å². The first-order valence-electron chi connectivity index (χ1n) is 11.1. The second-order valence-electron chi connectivity index (χ2n) is 8.30. The quantitative estimate of drug-likeness (QED) is 0.511. The van der Waals surface area contributed by atoms with Gasteiger partial charge in [-0.1, -0.05) is 0 Å². The Morgan fingerprint density at radius 2 is 1.75 bits per heavy atom. The van der Waals surface area contributed by atoms with E-state index in [1.807, 2.05) is 4.90 Å². The lowest BCUT2D eigenvalue weighted by atomic mass is 10.2. The number of rotatable bonds is 4. The summed E-state index contributed by atoms with van der Waals surface area (Å²) in [6, 6.07) is 0. The number of likely N-dealkylation sites (N-methyl/N-ethyl adjacent to an activating group) is 1. The fraction of sp³-hybridized carbons (Fsp3) is 0.550. The SMILES string of the molecule is CN1CCN(Cc2nc3nc(-c4cnc(N)nc4C(F)(F)F)nc(N4CCOCC4)c3s2)CC1.O=S. The predicted octanol–water partition coefficient (Wildman–Crippen LogP) is 1.39. The molecule has 2 saturated heterocycles. The highest BCUT2D eigenvalue weighted by atomic mass is 32.1. The molecule has 2 aliphatic heterocycles. The summed E-state index contributed by atoms with van der Waals surface area (Å²) in [4.78, 5) is 27.4. The Hall–Kier alpha value is -2.66. The highest BCUT2D eigenvalue weighted by Gasteiger charge is 2.37. The maximum atomic E-state index is 13.7. The van der Waals surface area contributed by atoms with Gasteiger partial charge in [0.15, 0.2) is 35.5 Å². The van der Waals surface area contributed by atoms with Crippen molar-refractivity contribution in [1.82, 2.24) is 34.7 Å². The number of alkyl halides is 3. The van der Waals surface area contributed by atoms with Gasteiger partial charge in [-0.15, -0.1) is 11.3 Å². The fourth-order valence-electron chi connectivity index (χ4n) is 4.00. The van der Waals surface area contributed by atoms with Gasteiger partial charge in [0.2, 0.25) is 5.95 Å². The van der Waals surface area contributed by atoms with Crippen LogP contribution in [0.25, 0.3) is 21.7 Å². The lowest BCUT2D eigenvalue weighted by Gasteiger charge is -2.31. The first-order chi connectivity index (χ1) is 17.3. The lowest BCUT2D eigenvalue weighted by Crippen LogP contribution is -2.43. The first kappa shape index (κ1) is 26.4. The Morgan fingerprint density at radius 3 is 2.42 bits per heavy atom. The van der Waals surface area contributed by atoms with Crippen molar-refractivity contribution in [2.75, 3.05) is 70.2 Å². The van der Waals surface area contributed by atoms with E-state index in [2.05, 4.69) is 54.3 Å². The number of aromatic nitrogens is 5. The summed E-state index contributed by atoms with van der Waals surface area (Å²) in [7, 11) is 2.09. The monoisotopic (exact) mass is 543 g/mol. The third-order valence-electron chi connectivity index (χ3n) is 5.86. The van der Waals surface area contributed by atoms with Crippen LogP contribution in [0.15, 0.2) is 6.20 Å². The molecule has 11 nitrogen and oxygen atoms in total. The molecular weight excluding hydrogens is 519 g/mol. The molecule has 5 heterocycles. The average Bonchev–Trinajstić information content (AvgIpc) is 3.28. The van der Waals surface area contributed by atoms with E-state index in [1.165, 1.54) is 11.3 Å². The Morgan fingerprint density at radius 1 is 1.06 bits per heavy atom. The van der Waals surface area contributed by atoms with Crippen molar-refractivity contribution in [3.05, 3.63) is 16.9 Å². The fourth-order valence-corrected chi connectivity index (χ4v) is 5.07. The summed E-state index contributed by atoms with van der Waals surface area (Å²) in [6.07, 6.45) is -3.72. The van der Waals surface area contributed by atoms with Crippen molar-refractivity contribution in [2.45, 2.75) is 12.7 Å². The Balaban J connectivity index is 0.00000148. The van der Waals surface area contributed by atoms with Crippen LogP contribution in [0, 0.1) is 0 Å². The van der Waals surface area contributed by atoms with E-state index < -0.39 is 17.8 Å². The van der Waals surface area contributed by atoms with Crippen molar-refractivity contribution in [3.8, 4) is 11.4 Å². The van der Waals surface area contributed by atoms with Crippen LogP contribution in [0.5, 0.6) is 0 Å². The molecule has 0 amide bonds. The van der Waals surface area contributed by atoms with Crippen molar-refractivity contribution < 1.29 is 22.1 Å². The van der Waals surface area contributed by atoms with Gasteiger partial charge in [-0.3, -0.25) is 4.90 Å². The Kier molecular flexibility index (Phi) is 8.19. The van der Waals surface area contributed by atoms with Gasteiger partial charge in [0, 0.05) is 45.5 Å². The van der Waals surface area contributed by atoms with E-state index in [0.717, 1.165) is 42.1 Å². The third kappa shape index (κ3) is 5.83. The van der Waals surface area contributed by atoms with Crippen molar-refractivity contribution in [3.63, 3.8) is 0 Å². The second-order valence-corrected chi connectivity index (χ2v) is 9.38. The standard InChI is InChI=1S/C20H24F3N9OS.OS/c1-30-2-4-31(5-3-30)11-13-26-17-14(34-13)18(32-6-8-33-9-7-32)29-16(28-17)12-10-25-19(24)27-15(12)20(21,22)23;1-2/h10H,2-9,11H2,1H3,(H2,24,25,27);. The molecule has 194 valence electrons. The van der Waals surface area contributed by atoms with Gasteiger partial charge in [-0.05, 0) is 7.05 Å². The molecule has 0 bridgehead atoms. The Bertz CT molecular complexity index is 1200. The Labute approximate surface area is 214 Å². The summed E-state index contributed by atoms with van der Waals surface area (Å²) in [6.45, 7) is 6.62. The highest BCUT2D eigenvalue weighted by Crippen LogP contribution is 2.37. The highest BCUT2D eigenvalue weighted by molar-refractivity contribution is 7.44.